The molecule has 0 saturated carbocycles. The van der Waals surface area contributed by atoms with Crippen LogP contribution in [0.3, 0.4) is 0 Å². The summed E-state index contributed by atoms with van der Waals surface area (Å²) in [5.41, 5.74) is 0.479. The summed E-state index contributed by atoms with van der Waals surface area (Å²) in [7, 11) is 3.20. The van der Waals surface area contributed by atoms with Crippen molar-refractivity contribution in [3.05, 3.63) is 35.6 Å². The summed E-state index contributed by atoms with van der Waals surface area (Å²) in [5.74, 6) is 1.35. The van der Waals surface area contributed by atoms with E-state index < -0.39 is 0 Å². The molecule has 0 aromatic carbocycles. The van der Waals surface area contributed by atoms with Crippen molar-refractivity contribution in [1.29, 1.82) is 0 Å². The van der Waals surface area contributed by atoms with Gasteiger partial charge in [0.05, 0.1) is 19.2 Å². The quantitative estimate of drug-likeness (QED) is 0.819. The summed E-state index contributed by atoms with van der Waals surface area (Å²) in [6.45, 7) is 2.21. The largest absolute Gasteiger partial charge is 0.481 e. The van der Waals surface area contributed by atoms with Crippen LogP contribution in [0.4, 0.5) is 0 Å². The van der Waals surface area contributed by atoms with Crippen LogP contribution >= 0.6 is 0 Å². The van der Waals surface area contributed by atoms with Crippen molar-refractivity contribution in [2.75, 3.05) is 14.2 Å². The number of nitrogens with zero attached hydrogens (tertiary/aromatic N) is 4. The van der Waals surface area contributed by atoms with Crippen molar-refractivity contribution in [1.82, 2.24) is 20.0 Å². The fourth-order valence-electron chi connectivity index (χ4n) is 1.63. The number of hydrogen-bond acceptors (Lipinski definition) is 6. The van der Waals surface area contributed by atoms with E-state index in [1.807, 2.05) is 6.92 Å². The van der Waals surface area contributed by atoms with E-state index in [2.05, 4.69) is 15.1 Å². The topological polar surface area (TPSA) is 81.4 Å². The summed E-state index contributed by atoms with van der Waals surface area (Å²) < 4.78 is 9.95. The third-order valence-electron chi connectivity index (χ3n) is 2.73. The first-order valence-corrected chi connectivity index (χ1v) is 6.21. The highest BCUT2D eigenvalue weighted by atomic mass is 16.5. The average molecular weight is 276 g/mol. The molecule has 0 fully saturated rings. The number of carbonyl (C=O) groups is 1. The number of methoxy groups -OCH3 is 1. The summed E-state index contributed by atoms with van der Waals surface area (Å²) in [4.78, 5) is 21.9. The van der Waals surface area contributed by atoms with Crippen molar-refractivity contribution < 1.29 is 14.1 Å². The van der Waals surface area contributed by atoms with E-state index in [0.717, 1.165) is 0 Å². The monoisotopic (exact) mass is 276 g/mol. The van der Waals surface area contributed by atoms with E-state index in [0.29, 0.717) is 29.6 Å². The van der Waals surface area contributed by atoms with E-state index in [1.165, 1.54) is 18.2 Å². The lowest BCUT2D eigenvalue weighted by Crippen LogP contribution is -2.26. The molecule has 0 radical (unpaired) electrons. The van der Waals surface area contributed by atoms with Gasteiger partial charge in [0, 0.05) is 25.7 Å². The van der Waals surface area contributed by atoms with Gasteiger partial charge in [0.1, 0.15) is 0 Å². The van der Waals surface area contributed by atoms with Gasteiger partial charge in [0.15, 0.2) is 5.82 Å². The third-order valence-corrected chi connectivity index (χ3v) is 2.73. The Kier molecular flexibility index (Phi) is 4.29. The first-order chi connectivity index (χ1) is 9.63. The zero-order valence-electron chi connectivity index (χ0n) is 11.7. The second-order valence-electron chi connectivity index (χ2n) is 4.21. The van der Waals surface area contributed by atoms with Crippen LogP contribution in [0.1, 0.15) is 29.0 Å². The van der Waals surface area contributed by atoms with Crippen LogP contribution in [0.25, 0.3) is 0 Å². The Balaban J connectivity index is 2.03. The summed E-state index contributed by atoms with van der Waals surface area (Å²) in [6, 6.07) is 3.31. The smallest absolute Gasteiger partial charge is 0.255 e. The Labute approximate surface area is 116 Å². The number of ether oxygens (including phenoxy) is 1. The Bertz CT molecular complexity index is 580. The van der Waals surface area contributed by atoms with E-state index >= 15 is 0 Å². The van der Waals surface area contributed by atoms with Crippen molar-refractivity contribution in [2.45, 2.75) is 19.9 Å². The number of amides is 1. The highest BCUT2D eigenvalue weighted by Gasteiger charge is 2.15. The molecule has 1 amide bonds. The number of hydrogen-bond donors (Lipinski definition) is 0. The predicted molar refractivity (Wildman–Crippen MR) is 70.3 cm³/mol. The molecule has 0 aliphatic rings. The molecule has 0 unspecified atom stereocenters. The van der Waals surface area contributed by atoms with Crippen molar-refractivity contribution in [3.8, 4) is 5.88 Å². The molecule has 0 N–H and O–H groups in total. The maximum absolute atomic E-state index is 12.2. The molecule has 7 nitrogen and oxygen atoms in total. The van der Waals surface area contributed by atoms with Crippen LogP contribution in [0, 0.1) is 0 Å². The molecule has 2 heterocycles. The second kappa shape index (κ2) is 6.14. The molecule has 0 spiro atoms. The SMILES string of the molecule is CCc1nc(CN(C)C(=O)c2ccc(OC)nc2)no1. The van der Waals surface area contributed by atoms with Crippen LogP contribution in [0.15, 0.2) is 22.9 Å². The van der Waals surface area contributed by atoms with Crippen LogP contribution < -0.4 is 4.74 Å². The highest BCUT2D eigenvalue weighted by Crippen LogP contribution is 2.10. The zero-order chi connectivity index (χ0) is 14.5. The van der Waals surface area contributed by atoms with Gasteiger partial charge < -0.3 is 14.2 Å². The van der Waals surface area contributed by atoms with Crippen molar-refractivity contribution >= 4 is 5.91 Å². The Morgan fingerprint density at radius 1 is 1.45 bits per heavy atom. The molecule has 0 atom stereocenters. The Morgan fingerprint density at radius 2 is 2.25 bits per heavy atom. The highest BCUT2D eigenvalue weighted by molar-refractivity contribution is 5.93. The zero-order valence-corrected chi connectivity index (χ0v) is 11.7. The number of rotatable bonds is 5. The van der Waals surface area contributed by atoms with Crippen LogP contribution in [0.5, 0.6) is 5.88 Å². The van der Waals surface area contributed by atoms with Gasteiger partial charge >= 0.3 is 0 Å². The molecule has 0 aliphatic carbocycles. The molecular formula is C13H16N4O3. The number of pyridine rings is 1. The van der Waals surface area contributed by atoms with Crippen LogP contribution in [0.2, 0.25) is 0 Å². The second-order valence-corrected chi connectivity index (χ2v) is 4.21. The van der Waals surface area contributed by atoms with Gasteiger partial charge in [-0.05, 0) is 6.07 Å². The molecule has 0 saturated heterocycles. The van der Waals surface area contributed by atoms with Gasteiger partial charge in [-0.2, -0.15) is 4.98 Å². The lowest BCUT2D eigenvalue weighted by molar-refractivity contribution is 0.0780. The minimum atomic E-state index is -0.164. The maximum Gasteiger partial charge on any atom is 0.255 e. The minimum absolute atomic E-state index is 0.164. The van der Waals surface area contributed by atoms with Crippen LogP contribution in [-0.4, -0.2) is 40.1 Å². The first kappa shape index (κ1) is 14.0. The fourth-order valence-corrected chi connectivity index (χ4v) is 1.63. The lowest BCUT2D eigenvalue weighted by Gasteiger charge is -2.14. The third kappa shape index (κ3) is 3.11. The first-order valence-electron chi connectivity index (χ1n) is 6.21. The molecule has 0 bridgehead atoms. The molecule has 2 aromatic rings. The Morgan fingerprint density at radius 3 is 2.80 bits per heavy atom. The van der Waals surface area contributed by atoms with E-state index in [9.17, 15) is 4.79 Å². The Hall–Kier alpha value is -2.44. The van der Waals surface area contributed by atoms with Crippen molar-refractivity contribution in [2.24, 2.45) is 0 Å². The van der Waals surface area contributed by atoms with Gasteiger partial charge in [-0.3, -0.25) is 4.79 Å². The van der Waals surface area contributed by atoms with E-state index in [-0.39, 0.29) is 12.5 Å². The van der Waals surface area contributed by atoms with Crippen LogP contribution in [-0.2, 0) is 13.0 Å². The average Bonchev–Trinajstić information content (AvgIpc) is 2.94. The molecule has 2 aromatic heterocycles. The van der Waals surface area contributed by atoms with Gasteiger partial charge in [0.25, 0.3) is 5.91 Å². The summed E-state index contributed by atoms with van der Waals surface area (Å²) in [6.07, 6.45) is 2.15. The number of aromatic nitrogens is 3. The van der Waals surface area contributed by atoms with Gasteiger partial charge in [-0.25, -0.2) is 4.98 Å². The number of carbonyl (C=O) groups excluding carboxylic acids is 1. The van der Waals surface area contributed by atoms with Gasteiger partial charge in [-0.1, -0.05) is 12.1 Å². The van der Waals surface area contributed by atoms with Gasteiger partial charge in [0.2, 0.25) is 11.8 Å². The molecule has 0 aliphatic heterocycles. The van der Waals surface area contributed by atoms with Gasteiger partial charge in [-0.15, -0.1) is 0 Å². The molecule has 106 valence electrons. The van der Waals surface area contributed by atoms with E-state index in [1.54, 1.807) is 19.2 Å². The number of aryl methyl sites for hydroxylation is 1. The molecular weight excluding hydrogens is 260 g/mol. The maximum atomic E-state index is 12.2. The standard InChI is InChI=1S/C13H16N4O3/c1-4-11-15-10(16-20-11)8-17(2)13(18)9-5-6-12(19-3)14-7-9/h5-7H,4,8H2,1-3H3. The molecule has 2 rings (SSSR count). The summed E-state index contributed by atoms with van der Waals surface area (Å²) >= 11 is 0. The minimum Gasteiger partial charge on any atom is -0.481 e. The summed E-state index contributed by atoms with van der Waals surface area (Å²) in [5, 5.41) is 3.81. The molecule has 20 heavy (non-hydrogen) atoms. The normalized spacial score (nSPS) is 10.3. The molecule has 7 heteroatoms. The predicted octanol–water partition coefficient (Wildman–Crippen LogP) is 1.31. The van der Waals surface area contributed by atoms with E-state index in [4.69, 9.17) is 9.26 Å². The lowest BCUT2D eigenvalue weighted by atomic mass is 10.2. The van der Waals surface area contributed by atoms with Crippen molar-refractivity contribution in [3.63, 3.8) is 0 Å². The fraction of sp³-hybridized carbons (Fsp3) is 0.385.